The Hall–Kier alpha value is -0.920. The minimum Gasteiger partial charge on any atom is -0.747 e. The van der Waals surface area contributed by atoms with Gasteiger partial charge in [0.15, 0.2) is 0 Å². The van der Waals surface area contributed by atoms with Crippen LogP contribution in [0.15, 0.2) is 59.7 Å². The normalized spacial score (nSPS) is 20.1. The fraction of sp³-hybridized carbons (Fsp3) is 0.0833. The Bertz CT molecular complexity index is 609. The summed E-state index contributed by atoms with van der Waals surface area (Å²) in [5, 5.41) is 2.71. The fourth-order valence-electron chi connectivity index (χ4n) is 1.50. The van der Waals surface area contributed by atoms with Gasteiger partial charge < -0.3 is 4.55 Å². The predicted octanol–water partition coefficient (Wildman–Crippen LogP) is -1.50. The zero-order valence-electron chi connectivity index (χ0n) is 10.4. The van der Waals surface area contributed by atoms with Gasteiger partial charge in [-0.05, 0) is 18.2 Å². The molecule has 19 heavy (non-hydrogen) atoms. The van der Waals surface area contributed by atoms with Gasteiger partial charge in [-0.15, -0.1) is 0 Å². The quantitative estimate of drug-likeness (QED) is 0.416. The van der Waals surface area contributed by atoms with E-state index in [1.54, 1.807) is 18.2 Å². The van der Waals surface area contributed by atoms with Crippen LogP contribution in [0.25, 0.3) is 0 Å². The Morgan fingerprint density at radius 3 is 2.47 bits per heavy atom. The van der Waals surface area contributed by atoms with Crippen LogP contribution in [0, 0.1) is 0 Å². The maximum atomic E-state index is 11.1. The van der Waals surface area contributed by atoms with Crippen LogP contribution in [-0.4, -0.2) is 23.9 Å². The minimum atomic E-state index is -4.44. The van der Waals surface area contributed by atoms with Crippen LogP contribution < -0.4 is 35.0 Å². The van der Waals surface area contributed by atoms with Gasteiger partial charge in [0.1, 0.15) is 15.4 Å². The van der Waals surface area contributed by atoms with Crippen LogP contribution in [0.1, 0.15) is 0 Å². The van der Waals surface area contributed by atoms with Crippen molar-refractivity contribution < 1.29 is 42.5 Å². The molecule has 1 aliphatic rings. The van der Waals surface area contributed by atoms with E-state index in [9.17, 15) is 13.0 Å². The second kappa shape index (κ2) is 7.02. The standard InChI is InChI=1S/C12H12N2O3S.Na/c15-18(16,17)12-9-5-4-8-11(12)14-13-10-6-2-1-3-7-10;/h1-9,12-13H,(H,15,16,17);/q;+1/p-1/b14-11+;. The summed E-state index contributed by atoms with van der Waals surface area (Å²) in [4.78, 5) is 0. The number of nitrogens with one attached hydrogen (secondary N) is 1. The van der Waals surface area contributed by atoms with Crippen molar-refractivity contribution in [1.82, 2.24) is 0 Å². The molecule has 1 aliphatic carbocycles. The number of nitrogens with zero attached hydrogens (tertiary/aromatic N) is 1. The first kappa shape index (κ1) is 16.1. The number of allylic oxidation sites excluding steroid dienone is 3. The van der Waals surface area contributed by atoms with Gasteiger partial charge in [0.25, 0.3) is 0 Å². The summed E-state index contributed by atoms with van der Waals surface area (Å²) in [6.07, 6.45) is 5.96. The van der Waals surface area contributed by atoms with Crippen LogP contribution in [-0.2, 0) is 10.1 Å². The number of hydrogen-bond acceptors (Lipinski definition) is 5. The molecule has 5 nitrogen and oxygen atoms in total. The molecular formula is C12H11N2NaO3S. The van der Waals surface area contributed by atoms with Gasteiger partial charge in [-0.25, -0.2) is 8.42 Å². The fourth-order valence-corrected chi connectivity index (χ4v) is 2.21. The summed E-state index contributed by atoms with van der Waals surface area (Å²) in [6.45, 7) is 0. The molecular weight excluding hydrogens is 275 g/mol. The number of benzene rings is 1. The van der Waals surface area contributed by atoms with Gasteiger partial charge in [-0.2, -0.15) is 5.10 Å². The first-order valence-corrected chi connectivity index (χ1v) is 6.73. The molecule has 0 saturated heterocycles. The zero-order valence-corrected chi connectivity index (χ0v) is 13.2. The van der Waals surface area contributed by atoms with E-state index in [1.165, 1.54) is 18.2 Å². The Labute approximate surface area is 134 Å². The number of anilines is 1. The minimum absolute atomic E-state index is 0. The number of hydrazone groups is 1. The zero-order chi connectivity index (χ0) is 13.0. The van der Waals surface area contributed by atoms with Crippen molar-refractivity contribution in [3.8, 4) is 0 Å². The average molecular weight is 286 g/mol. The molecule has 0 heterocycles. The van der Waals surface area contributed by atoms with E-state index in [-0.39, 0.29) is 35.3 Å². The molecule has 0 spiro atoms. The number of hydrogen-bond donors (Lipinski definition) is 1. The molecule has 0 aromatic heterocycles. The molecule has 0 bridgehead atoms. The van der Waals surface area contributed by atoms with Crippen molar-refractivity contribution in [3.05, 3.63) is 54.6 Å². The maximum absolute atomic E-state index is 11.1. The van der Waals surface area contributed by atoms with Crippen molar-refractivity contribution in [2.45, 2.75) is 5.25 Å². The van der Waals surface area contributed by atoms with E-state index in [0.29, 0.717) is 0 Å². The van der Waals surface area contributed by atoms with Gasteiger partial charge in [-0.1, -0.05) is 36.4 Å². The smallest absolute Gasteiger partial charge is 0.747 e. The Kier molecular flexibility index (Phi) is 5.96. The van der Waals surface area contributed by atoms with Crippen LogP contribution in [0.2, 0.25) is 0 Å². The Balaban J connectivity index is 0.00000180. The number of para-hydroxylation sites is 1. The topological polar surface area (TPSA) is 81.6 Å². The van der Waals surface area contributed by atoms with E-state index >= 15 is 0 Å². The summed E-state index contributed by atoms with van der Waals surface area (Å²) in [5.41, 5.74) is 3.61. The SMILES string of the molecule is O=S(=O)([O-])C1C=CC=C/C1=N\Nc1ccccc1.[Na+]. The van der Waals surface area contributed by atoms with E-state index in [0.717, 1.165) is 5.69 Å². The second-order valence-electron chi connectivity index (χ2n) is 3.67. The first-order chi connectivity index (χ1) is 8.57. The molecule has 0 aliphatic heterocycles. The summed E-state index contributed by atoms with van der Waals surface area (Å²) >= 11 is 0. The molecule has 2 rings (SSSR count). The van der Waals surface area contributed by atoms with Crippen LogP contribution in [0.5, 0.6) is 0 Å². The van der Waals surface area contributed by atoms with Gasteiger partial charge >= 0.3 is 29.6 Å². The van der Waals surface area contributed by atoms with Gasteiger partial charge in [-0.3, -0.25) is 5.43 Å². The molecule has 1 aromatic rings. The second-order valence-corrected chi connectivity index (χ2v) is 5.17. The Morgan fingerprint density at radius 2 is 1.84 bits per heavy atom. The molecule has 7 heteroatoms. The Morgan fingerprint density at radius 1 is 1.16 bits per heavy atom. The third kappa shape index (κ3) is 4.59. The molecule has 1 aromatic carbocycles. The summed E-state index contributed by atoms with van der Waals surface area (Å²) in [5.74, 6) is 0. The van der Waals surface area contributed by atoms with Gasteiger partial charge in [0.2, 0.25) is 0 Å². The molecule has 1 atom stereocenters. The van der Waals surface area contributed by atoms with E-state index in [2.05, 4.69) is 10.5 Å². The molecule has 1 unspecified atom stereocenters. The van der Waals surface area contributed by atoms with E-state index in [4.69, 9.17) is 0 Å². The van der Waals surface area contributed by atoms with Crippen molar-refractivity contribution in [1.29, 1.82) is 0 Å². The number of rotatable bonds is 3. The molecule has 0 fully saturated rings. The summed E-state index contributed by atoms with van der Waals surface area (Å²) in [7, 11) is -4.44. The third-order valence-electron chi connectivity index (χ3n) is 2.35. The molecule has 0 amide bonds. The van der Waals surface area contributed by atoms with E-state index < -0.39 is 15.4 Å². The van der Waals surface area contributed by atoms with Crippen LogP contribution in [0.3, 0.4) is 0 Å². The van der Waals surface area contributed by atoms with Crippen molar-refractivity contribution >= 4 is 21.5 Å². The molecule has 0 saturated carbocycles. The molecule has 94 valence electrons. The summed E-state index contributed by atoms with van der Waals surface area (Å²) in [6, 6.07) is 9.06. The monoisotopic (exact) mass is 286 g/mol. The van der Waals surface area contributed by atoms with Gasteiger partial charge in [0, 0.05) is 0 Å². The average Bonchev–Trinajstić information content (AvgIpc) is 2.37. The maximum Gasteiger partial charge on any atom is 1.00 e. The summed E-state index contributed by atoms with van der Waals surface area (Å²) < 4.78 is 33.2. The van der Waals surface area contributed by atoms with Crippen LogP contribution >= 0.6 is 0 Å². The first-order valence-electron chi connectivity index (χ1n) is 5.25. The molecule has 0 radical (unpaired) electrons. The predicted molar refractivity (Wildman–Crippen MR) is 69.3 cm³/mol. The third-order valence-corrected chi connectivity index (χ3v) is 3.38. The van der Waals surface area contributed by atoms with Crippen molar-refractivity contribution in [2.24, 2.45) is 5.10 Å². The largest absolute Gasteiger partial charge is 1.00 e. The van der Waals surface area contributed by atoms with Gasteiger partial charge in [0.05, 0.1) is 11.4 Å². The van der Waals surface area contributed by atoms with Crippen LogP contribution in [0.4, 0.5) is 5.69 Å². The van der Waals surface area contributed by atoms with E-state index in [1.807, 2.05) is 18.2 Å². The van der Waals surface area contributed by atoms with Crippen molar-refractivity contribution in [3.63, 3.8) is 0 Å². The molecule has 1 N–H and O–H groups in total. The van der Waals surface area contributed by atoms with Crippen molar-refractivity contribution in [2.75, 3.05) is 5.43 Å².